The topological polar surface area (TPSA) is 53.4 Å². The zero-order valence-corrected chi connectivity index (χ0v) is 11.3. The maximum Gasteiger partial charge on any atom is 0.167 e. The summed E-state index contributed by atoms with van der Waals surface area (Å²) in [7, 11) is 0. The summed E-state index contributed by atoms with van der Waals surface area (Å²) in [6.07, 6.45) is 3.98. The number of benzene rings is 1. The molecule has 0 radical (unpaired) electrons. The average Bonchev–Trinajstić information content (AvgIpc) is 2.94. The highest BCUT2D eigenvalue weighted by molar-refractivity contribution is 5.98. The fourth-order valence-electron chi connectivity index (χ4n) is 2.17. The van der Waals surface area contributed by atoms with Crippen molar-refractivity contribution in [1.29, 1.82) is 0 Å². The highest BCUT2D eigenvalue weighted by atomic mass is 16.6. The van der Waals surface area contributed by atoms with Crippen LogP contribution in [0.4, 0.5) is 0 Å². The van der Waals surface area contributed by atoms with Crippen LogP contribution in [0.15, 0.2) is 30.6 Å². The lowest BCUT2D eigenvalue weighted by Gasteiger charge is -2.18. The van der Waals surface area contributed by atoms with Gasteiger partial charge in [-0.25, -0.2) is 0 Å². The number of Topliss-reactive ketones (excluding diaryl/α,β-unsaturated/α-hetero) is 1. The smallest absolute Gasteiger partial charge is 0.167 e. The van der Waals surface area contributed by atoms with Gasteiger partial charge >= 0.3 is 0 Å². The fraction of sp³-hybridized carbons (Fsp3) is 0.333. The van der Waals surface area contributed by atoms with E-state index in [0.29, 0.717) is 36.7 Å². The van der Waals surface area contributed by atoms with Crippen molar-refractivity contribution in [2.75, 3.05) is 13.2 Å². The van der Waals surface area contributed by atoms with E-state index in [4.69, 9.17) is 9.47 Å². The molecule has 1 aliphatic rings. The van der Waals surface area contributed by atoms with Gasteiger partial charge < -0.3 is 9.47 Å². The molecule has 20 heavy (non-hydrogen) atoms. The second-order valence-electron chi connectivity index (χ2n) is 4.66. The minimum Gasteiger partial charge on any atom is -0.486 e. The largest absolute Gasteiger partial charge is 0.486 e. The van der Waals surface area contributed by atoms with E-state index >= 15 is 0 Å². The Hall–Kier alpha value is -2.30. The van der Waals surface area contributed by atoms with E-state index in [0.717, 1.165) is 12.1 Å². The van der Waals surface area contributed by atoms with Crippen LogP contribution >= 0.6 is 0 Å². The molecule has 1 aromatic heterocycles. The van der Waals surface area contributed by atoms with Crippen LogP contribution in [0.5, 0.6) is 11.5 Å². The van der Waals surface area contributed by atoms with Gasteiger partial charge in [-0.05, 0) is 30.7 Å². The van der Waals surface area contributed by atoms with Crippen molar-refractivity contribution in [2.24, 2.45) is 0 Å². The molecule has 0 amide bonds. The van der Waals surface area contributed by atoms with E-state index in [9.17, 15) is 4.79 Å². The summed E-state index contributed by atoms with van der Waals surface area (Å²) in [4.78, 5) is 12.3. The SMILES string of the molecule is CCn1cc(CC(=O)c2ccc3c(c2)OCCO3)cn1. The molecule has 2 heterocycles. The Bertz CT molecular complexity index is 634. The molecule has 0 atom stereocenters. The second kappa shape index (κ2) is 5.36. The first-order valence-electron chi connectivity index (χ1n) is 6.70. The summed E-state index contributed by atoms with van der Waals surface area (Å²) in [5.41, 5.74) is 1.56. The standard InChI is InChI=1S/C15H16N2O3/c1-2-17-10-11(9-16-17)7-13(18)12-3-4-14-15(8-12)20-6-5-19-14/h3-4,8-10H,2,5-7H2,1H3. The van der Waals surface area contributed by atoms with E-state index in [1.807, 2.05) is 17.8 Å². The van der Waals surface area contributed by atoms with Crippen LogP contribution in [0.25, 0.3) is 0 Å². The fourth-order valence-corrected chi connectivity index (χ4v) is 2.17. The third-order valence-electron chi connectivity index (χ3n) is 3.24. The zero-order valence-electron chi connectivity index (χ0n) is 11.3. The number of carbonyl (C=O) groups excluding carboxylic acids is 1. The van der Waals surface area contributed by atoms with Gasteiger partial charge in [0, 0.05) is 24.7 Å². The number of fused-ring (bicyclic) bond motifs is 1. The maximum atomic E-state index is 12.3. The molecule has 5 nitrogen and oxygen atoms in total. The summed E-state index contributed by atoms with van der Waals surface area (Å²) in [6, 6.07) is 5.32. The summed E-state index contributed by atoms with van der Waals surface area (Å²) >= 11 is 0. The Morgan fingerprint density at radius 1 is 1.30 bits per heavy atom. The molecule has 0 bridgehead atoms. The minimum atomic E-state index is 0.0534. The number of hydrogen-bond acceptors (Lipinski definition) is 4. The lowest BCUT2D eigenvalue weighted by atomic mass is 10.0. The van der Waals surface area contributed by atoms with Crippen molar-refractivity contribution in [3.8, 4) is 11.5 Å². The van der Waals surface area contributed by atoms with Gasteiger partial charge in [-0.1, -0.05) is 0 Å². The Labute approximate surface area is 117 Å². The summed E-state index contributed by atoms with van der Waals surface area (Å²) in [6.45, 7) is 3.89. The maximum absolute atomic E-state index is 12.3. The van der Waals surface area contributed by atoms with Crippen LogP contribution in [0.1, 0.15) is 22.8 Å². The number of aromatic nitrogens is 2. The van der Waals surface area contributed by atoms with Crippen molar-refractivity contribution in [3.05, 3.63) is 41.7 Å². The van der Waals surface area contributed by atoms with Crippen molar-refractivity contribution >= 4 is 5.78 Å². The average molecular weight is 272 g/mol. The highest BCUT2D eigenvalue weighted by Gasteiger charge is 2.15. The molecule has 104 valence electrons. The van der Waals surface area contributed by atoms with Crippen LogP contribution in [0.2, 0.25) is 0 Å². The first-order chi connectivity index (χ1) is 9.76. The molecular formula is C15H16N2O3. The van der Waals surface area contributed by atoms with Gasteiger partial charge in [0.25, 0.3) is 0 Å². The van der Waals surface area contributed by atoms with E-state index in [1.54, 1.807) is 24.4 Å². The van der Waals surface area contributed by atoms with Gasteiger partial charge in [-0.3, -0.25) is 9.48 Å². The summed E-state index contributed by atoms with van der Waals surface area (Å²) < 4.78 is 12.7. The molecule has 0 saturated carbocycles. The number of hydrogen-bond donors (Lipinski definition) is 0. The Morgan fingerprint density at radius 3 is 2.85 bits per heavy atom. The van der Waals surface area contributed by atoms with E-state index in [-0.39, 0.29) is 5.78 Å². The Morgan fingerprint density at radius 2 is 2.10 bits per heavy atom. The first-order valence-corrected chi connectivity index (χ1v) is 6.70. The monoisotopic (exact) mass is 272 g/mol. The van der Waals surface area contributed by atoms with Gasteiger partial charge in [-0.2, -0.15) is 5.10 Å². The molecule has 1 aliphatic heterocycles. The van der Waals surface area contributed by atoms with Gasteiger partial charge in [0.05, 0.1) is 6.20 Å². The predicted molar refractivity (Wildman–Crippen MR) is 73.4 cm³/mol. The number of carbonyl (C=O) groups is 1. The number of rotatable bonds is 4. The third kappa shape index (κ3) is 2.52. The molecule has 0 aliphatic carbocycles. The minimum absolute atomic E-state index is 0.0534. The quantitative estimate of drug-likeness (QED) is 0.800. The van der Waals surface area contributed by atoms with Crippen molar-refractivity contribution in [3.63, 3.8) is 0 Å². The molecule has 5 heteroatoms. The lowest BCUT2D eigenvalue weighted by molar-refractivity contribution is 0.0991. The molecule has 0 saturated heterocycles. The van der Waals surface area contributed by atoms with Crippen LogP contribution in [-0.2, 0) is 13.0 Å². The van der Waals surface area contributed by atoms with E-state index in [2.05, 4.69) is 5.10 Å². The molecule has 0 fully saturated rings. The number of ketones is 1. The van der Waals surface area contributed by atoms with Crippen molar-refractivity contribution < 1.29 is 14.3 Å². The van der Waals surface area contributed by atoms with Crippen LogP contribution < -0.4 is 9.47 Å². The molecule has 0 unspecified atom stereocenters. The van der Waals surface area contributed by atoms with E-state index in [1.165, 1.54) is 0 Å². The number of nitrogens with zero attached hydrogens (tertiary/aromatic N) is 2. The van der Waals surface area contributed by atoms with Crippen LogP contribution in [0, 0.1) is 0 Å². The Balaban J connectivity index is 1.76. The number of aryl methyl sites for hydroxylation is 1. The van der Waals surface area contributed by atoms with Gasteiger partial charge in [0.1, 0.15) is 13.2 Å². The lowest BCUT2D eigenvalue weighted by Crippen LogP contribution is -2.16. The predicted octanol–water partition coefficient (Wildman–Crippen LogP) is 2.10. The summed E-state index contributed by atoms with van der Waals surface area (Å²) in [5.74, 6) is 1.40. The zero-order chi connectivity index (χ0) is 13.9. The van der Waals surface area contributed by atoms with E-state index < -0.39 is 0 Å². The van der Waals surface area contributed by atoms with Crippen LogP contribution in [0.3, 0.4) is 0 Å². The molecular weight excluding hydrogens is 256 g/mol. The molecule has 2 aromatic rings. The second-order valence-corrected chi connectivity index (χ2v) is 4.66. The van der Waals surface area contributed by atoms with Gasteiger partial charge in [0.15, 0.2) is 17.3 Å². The normalized spacial score (nSPS) is 13.2. The number of ether oxygens (including phenoxy) is 2. The van der Waals surface area contributed by atoms with Crippen molar-refractivity contribution in [2.45, 2.75) is 19.9 Å². The van der Waals surface area contributed by atoms with Gasteiger partial charge in [0.2, 0.25) is 0 Å². The third-order valence-corrected chi connectivity index (χ3v) is 3.24. The van der Waals surface area contributed by atoms with Gasteiger partial charge in [-0.15, -0.1) is 0 Å². The highest BCUT2D eigenvalue weighted by Crippen LogP contribution is 2.31. The molecule has 1 aromatic carbocycles. The molecule has 3 rings (SSSR count). The van der Waals surface area contributed by atoms with Crippen LogP contribution in [-0.4, -0.2) is 28.8 Å². The summed E-state index contributed by atoms with van der Waals surface area (Å²) in [5, 5.41) is 4.17. The molecule has 0 N–H and O–H groups in total. The van der Waals surface area contributed by atoms with Crippen molar-refractivity contribution in [1.82, 2.24) is 9.78 Å². The molecule has 0 spiro atoms. The Kier molecular flexibility index (Phi) is 3.41. The first kappa shape index (κ1) is 12.7.